The summed E-state index contributed by atoms with van der Waals surface area (Å²) in [5, 5.41) is 7.14. The Bertz CT molecular complexity index is 914. The van der Waals surface area contributed by atoms with Crippen molar-refractivity contribution in [1.29, 1.82) is 0 Å². The highest BCUT2D eigenvalue weighted by atomic mass is 32.2. The van der Waals surface area contributed by atoms with Crippen molar-refractivity contribution >= 4 is 21.6 Å². The number of benzene rings is 1. The summed E-state index contributed by atoms with van der Waals surface area (Å²) in [5.41, 5.74) is 2.81. The Balaban J connectivity index is 2.17. The van der Waals surface area contributed by atoms with Crippen LogP contribution in [0.4, 0.5) is 5.69 Å². The van der Waals surface area contributed by atoms with Crippen LogP contribution in [0.3, 0.4) is 0 Å². The zero-order chi connectivity index (χ0) is 20.9. The third kappa shape index (κ3) is 4.80. The number of hydrogen-bond acceptors (Lipinski definition) is 4. The predicted molar refractivity (Wildman–Crippen MR) is 111 cm³/mol. The highest BCUT2D eigenvalue weighted by molar-refractivity contribution is 7.89. The molecule has 0 aliphatic carbocycles. The van der Waals surface area contributed by atoms with Gasteiger partial charge in [-0.05, 0) is 38.0 Å². The Labute approximate surface area is 167 Å². The molecule has 154 valence electrons. The fourth-order valence-electron chi connectivity index (χ4n) is 3.28. The van der Waals surface area contributed by atoms with Crippen LogP contribution in [0, 0.1) is 13.8 Å². The molecule has 0 unspecified atom stereocenters. The average molecular weight is 407 g/mol. The van der Waals surface area contributed by atoms with Gasteiger partial charge in [-0.25, -0.2) is 8.42 Å². The monoisotopic (exact) mass is 406 g/mol. The van der Waals surface area contributed by atoms with E-state index in [2.05, 4.69) is 17.3 Å². The molecule has 0 atom stereocenters. The van der Waals surface area contributed by atoms with Gasteiger partial charge in [-0.2, -0.15) is 9.40 Å². The lowest BCUT2D eigenvalue weighted by Gasteiger charge is -2.18. The van der Waals surface area contributed by atoms with Crippen LogP contribution in [0.1, 0.15) is 44.1 Å². The first-order valence-corrected chi connectivity index (χ1v) is 11.1. The van der Waals surface area contributed by atoms with Gasteiger partial charge in [-0.1, -0.05) is 39.3 Å². The second-order valence-electron chi connectivity index (χ2n) is 6.74. The highest BCUT2D eigenvalue weighted by Crippen LogP contribution is 2.23. The van der Waals surface area contributed by atoms with Gasteiger partial charge in [0.25, 0.3) is 0 Å². The van der Waals surface area contributed by atoms with Crippen molar-refractivity contribution in [3.05, 3.63) is 41.2 Å². The highest BCUT2D eigenvalue weighted by Gasteiger charge is 2.29. The Morgan fingerprint density at radius 1 is 1.11 bits per heavy atom. The molecule has 0 spiro atoms. The van der Waals surface area contributed by atoms with E-state index < -0.39 is 10.0 Å². The Kier molecular flexibility index (Phi) is 7.37. The molecule has 1 heterocycles. The number of rotatable bonds is 9. The number of carbonyl (C=O) groups excluding carboxylic acids is 1. The third-order valence-electron chi connectivity index (χ3n) is 4.69. The molecule has 1 amide bonds. The predicted octanol–water partition coefficient (Wildman–Crippen LogP) is 3.12. The molecule has 7 nitrogen and oxygen atoms in total. The molecule has 0 saturated heterocycles. The van der Waals surface area contributed by atoms with Gasteiger partial charge in [0.05, 0.1) is 11.4 Å². The van der Waals surface area contributed by atoms with Crippen molar-refractivity contribution in [2.24, 2.45) is 0 Å². The van der Waals surface area contributed by atoms with Crippen LogP contribution in [-0.2, 0) is 27.8 Å². The van der Waals surface area contributed by atoms with E-state index in [0.717, 1.165) is 12.8 Å². The molecule has 28 heavy (non-hydrogen) atoms. The van der Waals surface area contributed by atoms with Crippen molar-refractivity contribution < 1.29 is 13.2 Å². The van der Waals surface area contributed by atoms with Gasteiger partial charge in [0, 0.05) is 18.8 Å². The van der Waals surface area contributed by atoms with E-state index in [1.54, 1.807) is 27.7 Å². The van der Waals surface area contributed by atoms with Crippen LogP contribution >= 0.6 is 0 Å². The minimum absolute atomic E-state index is 0.0445. The Morgan fingerprint density at radius 3 is 2.25 bits per heavy atom. The molecule has 1 aromatic heterocycles. The number of sulfonamides is 1. The van der Waals surface area contributed by atoms with Crippen molar-refractivity contribution in [2.75, 3.05) is 18.4 Å². The molecule has 0 fully saturated rings. The topological polar surface area (TPSA) is 84.3 Å². The fraction of sp³-hybridized carbons (Fsp3) is 0.500. The van der Waals surface area contributed by atoms with E-state index in [-0.39, 0.29) is 17.3 Å². The van der Waals surface area contributed by atoms with Gasteiger partial charge in [0.2, 0.25) is 15.9 Å². The van der Waals surface area contributed by atoms with Crippen LogP contribution in [0.25, 0.3) is 0 Å². The van der Waals surface area contributed by atoms with E-state index in [9.17, 15) is 13.2 Å². The zero-order valence-corrected chi connectivity index (χ0v) is 18.1. The van der Waals surface area contributed by atoms with Crippen molar-refractivity contribution in [2.45, 2.75) is 58.9 Å². The van der Waals surface area contributed by atoms with Crippen molar-refractivity contribution in [3.63, 3.8) is 0 Å². The summed E-state index contributed by atoms with van der Waals surface area (Å²) in [4.78, 5) is 12.6. The van der Waals surface area contributed by atoms with Gasteiger partial charge < -0.3 is 5.32 Å². The second kappa shape index (κ2) is 9.34. The lowest BCUT2D eigenvalue weighted by atomic mass is 10.1. The van der Waals surface area contributed by atoms with Gasteiger partial charge >= 0.3 is 0 Å². The molecular weight excluding hydrogens is 376 g/mol. The van der Waals surface area contributed by atoms with Gasteiger partial charge in [0.15, 0.2) is 0 Å². The van der Waals surface area contributed by atoms with Gasteiger partial charge in [0.1, 0.15) is 11.4 Å². The summed E-state index contributed by atoms with van der Waals surface area (Å²) >= 11 is 0. The maximum Gasteiger partial charge on any atom is 0.246 e. The lowest BCUT2D eigenvalue weighted by Crippen LogP contribution is -2.31. The molecule has 0 saturated carbocycles. The van der Waals surface area contributed by atoms with Crippen LogP contribution in [0.15, 0.2) is 29.2 Å². The number of amides is 1. The van der Waals surface area contributed by atoms with Crippen molar-refractivity contribution in [3.8, 4) is 0 Å². The standard InChI is InChI=1S/C20H30N4O3S/c1-6-9-17-10-12-18(13-11-17)21-19(25)14-24-16(5)20(15(4)22-24)28(26,27)23(7-2)8-3/h10-13H,6-9,14H2,1-5H3,(H,21,25). The molecule has 2 aromatic rings. The zero-order valence-electron chi connectivity index (χ0n) is 17.3. The average Bonchev–Trinajstić information content (AvgIpc) is 2.91. The number of aryl methyl sites for hydroxylation is 2. The summed E-state index contributed by atoms with van der Waals surface area (Å²) < 4.78 is 28.6. The minimum Gasteiger partial charge on any atom is -0.324 e. The SMILES string of the molecule is CCCc1ccc(NC(=O)Cn2nc(C)c(S(=O)(=O)N(CC)CC)c2C)cc1. The van der Waals surface area contributed by atoms with Crippen molar-refractivity contribution in [1.82, 2.24) is 14.1 Å². The Hall–Kier alpha value is -2.19. The summed E-state index contributed by atoms with van der Waals surface area (Å²) in [5.74, 6) is -0.249. The summed E-state index contributed by atoms with van der Waals surface area (Å²) in [7, 11) is -3.63. The first-order chi connectivity index (χ1) is 13.2. The summed E-state index contributed by atoms with van der Waals surface area (Å²) in [6.07, 6.45) is 2.08. The lowest BCUT2D eigenvalue weighted by molar-refractivity contribution is -0.116. The Morgan fingerprint density at radius 2 is 1.71 bits per heavy atom. The van der Waals surface area contributed by atoms with Crippen LogP contribution in [0.2, 0.25) is 0 Å². The maximum atomic E-state index is 12.9. The number of nitrogens with one attached hydrogen (secondary N) is 1. The number of carbonyl (C=O) groups is 1. The number of aromatic nitrogens is 2. The fourth-order valence-corrected chi connectivity index (χ4v) is 5.11. The van der Waals surface area contributed by atoms with Crippen LogP contribution in [-0.4, -0.2) is 41.5 Å². The maximum absolute atomic E-state index is 12.9. The number of hydrogen-bond donors (Lipinski definition) is 1. The van der Waals surface area contributed by atoms with E-state index >= 15 is 0 Å². The third-order valence-corrected chi connectivity index (χ3v) is 6.99. The molecule has 0 aliphatic heterocycles. The van der Waals surface area contributed by atoms with Crippen LogP contribution in [0.5, 0.6) is 0 Å². The molecule has 8 heteroatoms. The van der Waals surface area contributed by atoms with E-state index in [0.29, 0.717) is 30.2 Å². The molecule has 0 aliphatic rings. The largest absolute Gasteiger partial charge is 0.324 e. The minimum atomic E-state index is -3.63. The van der Waals surface area contributed by atoms with Crippen LogP contribution < -0.4 is 5.32 Å². The molecule has 0 bridgehead atoms. The van der Waals surface area contributed by atoms with E-state index in [1.165, 1.54) is 14.6 Å². The smallest absolute Gasteiger partial charge is 0.246 e. The molecule has 2 rings (SSSR count). The first kappa shape index (κ1) is 22.1. The number of nitrogens with zero attached hydrogens (tertiary/aromatic N) is 3. The normalized spacial score (nSPS) is 11.8. The van der Waals surface area contributed by atoms with E-state index in [4.69, 9.17) is 0 Å². The molecule has 1 N–H and O–H groups in total. The molecule has 1 aromatic carbocycles. The summed E-state index contributed by atoms with van der Waals surface area (Å²) in [6, 6.07) is 7.75. The molecule has 0 radical (unpaired) electrons. The number of anilines is 1. The first-order valence-electron chi connectivity index (χ1n) is 9.67. The summed E-state index contributed by atoms with van der Waals surface area (Å²) in [6.45, 7) is 9.79. The molecular formula is C20H30N4O3S. The van der Waals surface area contributed by atoms with Gasteiger partial charge in [-0.15, -0.1) is 0 Å². The quantitative estimate of drug-likeness (QED) is 0.693. The van der Waals surface area contributed by atoms with Gasteiger partial charge in [-0.3, -0.25) is 9.48 Å². The second-order valence-corrected chi connectivity index (χ2v) is 8.62. The van der Waals surface area contributed by atoms with E-state index in [1.807, 2.05) is 24.3 Å².